The molecular formula is C12H17ClN2O. The van der Waals surface area contributed by atoms with E-state index in [0.717, 1.165) is 23.9 Å². The van der Waals surface area contributed by atoms with Crippen molar-refractivity contribution < 1.29 is 5.11 Å². The highest BCUT2D eigenvalue weighted by molar-refractivity contribution is 5.85. The minimum atomic E-state index is 0. The number of fused-ring (bicyclic) bond motifs is 1. The molecule has 0 aliphatic heterocycles. The minimum absolute atomic E-state index is 0. The zero-order chi connectivity index (χ0) is 10.7. The third kappa shape index (κ3) is 2.55. The molecule has 4 N–H and O–H groups in total. The first-order valence-electron chi connectivity index (χ1n) is 5.25. The molecule has 1 aromatic heterocycles. The van der Waals surface area contributed by atoms with Gasteiger partial charge in [0.1, 0.15) is 0 Å². The topological polar surface area (TPSA) is 62.0 Å². The first-order valence-corrected chi connectivity index (χ1v) is 5.25. The van der Waals surface area contributed by atoms with E-state index >= 15 is 0 Å². The Balaban J connectivity index is 0.00000128. The third-order valence-electron chi connectivity index (χ3n) is 2.69. The first kappa shape index (κ1) is 13.0. The average Bonchev–Trinajstić information content (AvgIpc) is 2.69. The molecule has 3 nitrogen and oxygen atoms in total. The van der Waals surface area contributed by atoms with Gasteiger partial charge in [0.05, 0.1) is 0 Å². The highest BCUT2D eigenvalue weighted by Gasteiger charge is 2.10. The van der Waals surface area contributed by atoms with Crippen LogP contribution in [-0.4, -0.2) is 16.7 Å². The minimum Gasteiger partial charge on any atom is -0.396 e. The fourth-order valence-electron chi connectivity index (χ4n) is 1.87. The van der Waals surface area contributed by atoms with Crippen molar-refractivity contribution in [1.29, 1.82) is 0 Å². The van der Waals surface area contributed by atoms with E-state index in [2.05, 4.69) is 11.1 Å². The second-order valence-electron chi connectivity index (χ2n) is 3.76. The predicted octanol–water partition coefficient (Wildman–Crippen LogP) is 2.36. The number of aliphatic hydroxyl groups is 1. The Bertz CT molecular complexity index is 441. The third-order valence-corrected chi connectivity index (χ3v) is 2.69. The molecule has 1 atom stereocenters. The number of hydrogen-bond acceptors (Lipinski definition) is 2. The molecule has 0 aliphatic rings. The number of benzene rings is 1. The highest BCUT2D eigenvalue weighted by Crippen LogP contribution is 2.24. The summed E-state index contributed by atoms with van der Waals surface area (Å²) in [5.41, 5.74) is 8.32. The molecule has 2 aromatic rings. The Hall–Kier alpha value is -1.03. The highest BCUT2D eigenvalue weighted by atomic mass is 35.5. The number of nitrogens with two attached hydrogens (primary N) is 1. The summed E-state index contributed by atoms with van der Waals surface area (Å²) in [4.78, 5) is 3.20. The van der Waals surface area contributed by atoms with E-state index < -0.39 is 0 Å². The van der Waals surface area contributed by atoms with Gasteiger partial charge in [-0.25, -0.2) is 0 Å². The van der Waals surface area contributed by atoms with Crippen LogP contribution in [0.3, 0.4) is 0 Å². The zero-order valence-electron chi connectivity index (χ0n) is 9.02. The van der Waals surface area contributed by atoms with Crippen LogP contribution >= 0.6 is 12.4 Å². The second kappa shape index (κ2) is 5.89. The number of aromatic nitrogens is 1. The number of aromatic amines is 1. The van der Waals surface area contributed by atoms with Crippen LogP contribution in [0.5, 0.6) is 0 Å². The van der Waals surface area contributed by atoms with E-state index in [4.69, 9.17) is 10.8 Å². The SMILES string of the molecule is Cl.N[C@@H](CCCO)c1c[nH]c2ccccc12. The van der Waals surface area contributed by atoms with Crippen molar-refractivity contribution in [3.63, 3.8) is 0 Å². The molecule has 0 saturated carbocycles. The number of rotatable bonds is 4. The Morgan fingerprint density at radius 1 is 1.31 bits per heavy atom. The van der Waals surface area contributed by atoms with Crippen molar-refractivity contribution >= 4 is 23.3 Å². The first-order chi connectivity index (χ1) is 7.33. The van der Waals surface area contributed by atoms with Crippen molar-refractivity contribution in [2.45, 2.75) is 18.9 Å². The molecule has 0 fully saturated rings. The Morgan fingerprint density at radius 2 is 2.06 bits per heavy atom. The number of H-pyrrole nitrogens is 1. The van der Waals surface area contributed by atoms with Crippen LogP contribution in [0.1, 0.15) is 24.4 Å². The maximum Gasteiger partial charge on any atom is 0.0457 e. The van der Waals surface area contributed by atoms with E-state index in [0.29, 0.717) is 0 Å². The lowest BCUT2D eigenvalue weighted by molar-refractivity contribution is 0.280. The largest absolute Gasteiger partial charge is 0.396 e. The monoisotopic (exact) mass is 240 g/mol. The van der Waals surface area contributed by atoms with Gasteiger partial charge in [0, 0.05) is 29.7 Å². The predicted molar refractivity (Wildman–Crippen MR) is 68.8 cm³/mol. The number of halogens is 1. The van der Waals surface area contributed by atoms with Crippen LogP contribution in [0.4, 0.5) is 0 Å². The second-order valence-corrected chi connectivity index (χ2v) is 3.76. The van der Waals surface area contributed by atoms with E-state index in [1.165, 1.54) is 5.39 Å². The molecule has 16 heavy (non-hydrogen) atoms. The van der Waals surface area contributed by atoms with Crippen molar-refractivity contribution in [3.05, 3.63) is 36.0 Å². The molecule has 0 amide bonds. The Kier molecular flexibility index (Phi) is 4.80. The lowest BCUT2D eigenvalue weighted by atomic mass is 10.0. The summed E-state index contributed by atoms with van der Waals surface area (Å²) in [6, 6.07) is 8.13. The summed E-state index contributed by atoms with van der Waals surface area (Å²) in [6.45, 7) is 0.204. The van der Waals surface area contributed by atoms with E-state index in [1.807, 2.05) is 24.4 Å². The van der Waals surface area contributed by atoms with Gasteiger partial charge >= 0.3 is 0 Å². The van der Waals surface area contributed by atoms with Gasteiger partial charge in [0.2, 0.25) is 0 Å². The molecule has 4 heteroatoms. The van der Waals surface area contributed by atoms with E-state index in [9.17, 15) is 0 Å². The molecule has 0 radical (unpaired) electrons. The van der Waals surface area contributed by atoms with Gasteiger partial charge in [-0.1, -0.05) is 18.2 Å². The van der Waals surface area contributed by atoms with Gasteiger partial charge < -0.3 is 15.8 Å². The van der Waals surface area contributed by atoms with Crippen LogP contribution < -0.4 is 5.73 Å². The van der Waals surface area contributed by atoms with Crippen molar-refractivity contribution in [2.24, 2.45) is 5.73 Å². The number of aliphatic hydroxyl groups excluding tert-OH is 1. The molecule has 0 saturated heterocycles. The van der Waals surface area contributed by atoms with Crippen molar-refractivity contribution in [2.75, 3.05) is 6.61 Å². The van der Waals surface area contributed by atoms with Crippen LogP contribution in [0.25, 0.3) is 10.9 Å². The molecule has 0 unspecified atom stereocenters. The van der Waals surface area contributed by atoms with Crippen LogP contribution in [0, 0.1) is 0 Å². The molecule has 0 aliphatic carbocycles. The fraction of sp³-hybridized carbons (Fsp3) is 0.333. The maximum absolute atomic E-state index is 8.76. The zero-order valence-corrected chi connectivity index (χ0v) is 9.83. The fourth-order valence-corrected chi connectivity index (χ4v) is 1.87. The van der Waals surface area contributed by atoms with Crippen molar-refractivity contribution in [1.82, 2.24) is 4.98 Å². The smallest absolute Gasteiger partial charge is 0.0457 e. The van der Waals surface area contributed by atoms with Gasteiger partial charge in [0.25, 0.3) is 0 Å². The molecule has 2 rings (SSSR count). The quantitative estimate of drug-likeness (QED) is 0.768. The summed E-state index contributed by atoms with van der Waals surface area (Å²) in [6.07, 6.45) is 3.53. The molecule has 0 bridgehead atoms. The van der Waals surface area contributed by atoms with Crippen LogP contribution in [0.2, 0.25) is 0 Å². The number of para-hydroxylation sites is 1. The van der Waals surface area contributed by atoms with Gasteiger partial charge in [-0.05, 0) is 24.5 Å². The standard InChI is InChI=1S/C12H16N2O.ClH/c13-11(5-3-7-15)10-8-14-12-6-2-1-4-9(10)12;/h1-2,4,6,8,11,14-15H,3,5,7,13H2;1H/t11-;/m0./s1. The summed E-state index contributed by atoms with van der Waals surface area (Å²) >= 11 is 0. The summed E-state index contributed by atoms with van der Waals surface area (Å²) < 4.78 is 0. The molecule has 1 aromatic carbocycles. The normalized spacial score (nSPS) is 12.4. The van der Waals surface area contributed by atoms with Gasteiger partial charge in [0.15, 0.2) is 0 Å². The number of nitrogens with one attached hydrogen (secondary N) is 1. The summed E-state index contributed by atoms with van der Waals surface area (Å²) in [7, 11) is 0. The van der Waals surface area contributed by atoms with Crippen molar-refractivity contribution in [3.8, 4) is 0 Å². The lowest BCUT2D eigenvalue weighted by Gasteiger charge is -2.09. The van der Waals surface area contributed by atoms with Gasteiger partial charge in [-0.15, -0.1) is 12.4 Å². The Morgan fingerprint density at radius 3 is 2.81 bits per heavy atom. The van der Waals surface area contributed by atoms with Gasteiger partial charge in [-0.2, -0.15) is 0 Å². The molecule has 0 spiro atoms. The van der Waals surface area contributed by atoms with Crippen LogP contribution in [0.15, 0.2) is 30.5 Å². The number of hydrogen-bond donors (Lipinski definition) is 3. The summed E-state index contributed by atoms with van der Waals surface area (Å²) in [5.74, 6) is 0. The van der Waals surface area contributed by atoms with E-state index in [-0.39, 0.29) is 25.1 Å². The molecule has 88 valence electrons. The molecule has 1 heterocycles. The average molecular weight is 241 g/mol. The van der Waals surface area contributed by atoms with Crippen LogP contribution in [-0.2, 0) is 0 Å². The maximum atomic E-state index is 8.76. The lowest BCUT2D eigenvalue weighted by Crippen LogP contribution is -2.10. The Labute approximate surface area is 101 Å². The van der Waals surface area contributed by atoms with E-state index in [1.54, 1.807) is 0 Å². The van der Waals surface area contributed by atoms with Gasteiger partial charge in [-0.3, -0.25) is 0 Å². The summed E-state index contributed by atoms with van der Waals surface area (Å²) in [5, 5.41) is 9.95. The molecular weight excluding hydrogens is 224 g/mol.